The molecule has 4 heteroatoms. The Hall–Kier alpha value is -1.48. The van der Waals surface area contributed by atoms with Crippen LogP contribution in [0.4, 0.5) is 0 Å². The van der Waals surface area contributed by atoms with Gasteiger partial charge in [-0.05, 0) is 47.6 Å². The highest BCUT2D eigenvalue weighted by Gasteiger charge is 2.13. The van der Waals surface area contributed by atoms with Crippen molar-refractivity contribution in [3.8, 4) is 5.75 Å². The van der Waals surface area contributed by atoms with Crippen LogP contribution in [0.1, 0.15) is 17.2 Å². The molecule has 0 bridgehead atoms. The molecule has 2 aromatic carbocycles. The van der Waals surface area contributed by atoms with E-state index in [2.05, 4.69) is 26.1 Å². The molecule has 0 aliphatic rings. The van der Waals surface area contributed by atoms with Gasteiger partial charge in [-0.1, -0.05) is 40.2 Å². The maximum atomic E-state index is 5.25. The van der Waals surface area contributed by atoms with Crippen LogP contribution in [0, 0.1) is 0 Å². The number of aliphatic imine (C=N–C) groups is 1. The van der Waals surface area contributed by atoms with Gasteiger partial charge in [0, 0.05) is 4.47 Å². The van der Waals surface area contributed by atoms with Crippen LogP contribution in [0.3, 0.4) is 0 Å². The van der Waals surface area contributed by atoms with Crippen molar-refractivity contribution in [1.29, 1.82) is 0 Å². The number of hydrogen-bond acceptors (Lipinski definition) is 3. The van der Waals surface area contributed by atoms with Gasteiger partial charge in [0.05, 0.1) is 12.3 Å². The SMILES string of the molecule is COc1cccc([C@@H](N=C=S)c2cccc(Br)c2)c1. The molecule has 0 fully saturated rings. The summed E-state index contributed by atoms with van der Waals surface area (Å²) < 4.78 is 6.26. The minimum Gasteiger partial charge on any atom is -0.497 e. The van der Waals surface area contributed by atoms with Crippen molar-refractivity contribution in [2.75, 3.05) is 7.11 Å². The average Bonchev–Trinajstić information content (AvgIpc) is 2.45. The van der Waals surface area contributed by atoms with Gasteiger partial charge in [-0.25, -0.2) is 4.99 Å². The predicted octanol–water partition coefficient (Wildman–Crippen LogP) is 4.65. The highest BCUT2D eigenvalue weighted by molar-refractivity contribution is 9.10. The number of methoxy groups -OCH3 is 1. The first kappa shape index (κ1) is 13.9. The quantitative estimate of drug-likeness (QED) is 0.600. The predicted molar refractivity (Wildman–Crippen MR) is 84.0 cm³/mol. The van der Waals surface area contributed by atoms with Gasteiger partial charge in [-0.3, -0.25) is 0 Å². The Morgan fingerprint density at radius 2 is 1.84 bits per heavy atom. The zero-order valence-corrected chi connectivity index (χ0v) is 12.7. The highest BCUT2D eigenvalue weighted by atomic mass is 79.9. The fourth-order valence-corrected chi connectivity index (χ4v) is 2.40. The monoisotopic (exact) mass is 333 g/mol. The van der Waals surface area contributed by atoms with E-state index < -0.39 is 0 Å². The Kier molecular flexibility index (Phi) is 4.86. The Balaban J connectivity index is 2.47. The number of isothiocyanates is 1. The maximum absolute atomic E-state index is 5.25. The van der Waals surface area contributed by atoms with E-state index in [9.17, 15) is 0 Å². The van der Waals surface area contributed by atoms with Crippen LogP contribution in [-0.4, -0.2) is 12.3 Å². The molecule has 0 amide bonds. The van der Waals surface area contributed by atoms with Crippen LogP contribution in [0.2, 0.25) is 0 Å². The third-order valence-electron chi connectivity index (χ3n) is 2.76. The summed E-state index contributed by atoms with van der Waals surface area (Å²) >= 11 is 8.23. The van der Waals surface area contributed by atoms with Gasteiger partial charge >= 0.3 is 0 Å². The van der Waals surface area contributed by atoms with Gasteiger partial charge in [-0.15, -0.1) is 0 Å². The number of benzene rings is 2. The van der Waals surface area contributed by atoms with E-state index in [-0.39, 0.29) is 6.04 Å². The summed E-state index contributed by atoms with van der Waals surface area (Å²) in [4.78, 5) is 4.27. The normalized spacial score (nSPS) is 11.5. The first-order chi connectivity index (χ1) is 9.24. The fourth-order valence-electron chi connectivity index (χ4n) is 1.88. The molecule has 2 rings (SSSR count). The lowest BCUT2D eigenvalue weighted by Crippen LogP contribution is -1.98. The van der Waals surface area contributed by atoms with Crippen molar-refractivity contribution in [1.82, 2.24) is 0 Å². The third kappa shape index (κ3) is 3.51. The molecule has 1 atom stereocenters. The smallest absolute Gasteiger partial charge is 0.119 e. The van der Waals surface area contributed by atoms with E-state index in [0.29, 0.717) is 0 Å². The molecule has 0 radical (unpaired) electrons. The highest BCUT2D eigenvalue weighted by Crippen LogP contribution is 2.29. The lowest BCUT2D eigenvalue weighted by atomic mass is 9.99. The molecule has 0 saturated heterocycles. The van der Waals surface area contributed by atoms with E-state index in [0.717, 1.165) is 21.3 Å². The summed E-state index contributed by atoms with van der Waals surface area (Å²) in [6, 6.07) is 15.7. The largest absolute Gasteiger partial charge is 0.497 e. The van der Waals surface area contributed by atoms with E-state index >= 15 is 0 Å². The van der Waals surface area contributed by atoms with Gasteiger partial charge in [-0.2, -0.15) is 0 Å². The van der Waals surface area contributed by atoms with Gasteiger partial charge in [0.1, 0.15) is 11.8 Å². The molecule has 19 heavy (non-hydrogen) atoms. The zero-order valence-electron chi connectivity index (χ0n) is 10.3. The van der Waals surface area contributed by atoms with Crippen molar-refractivity contribution < 1.29 is 4.74 Å². The fraction of sp³-hybridized carbons (Fsp3) is 0.133. The zero-order chi connectivity index (χ0) is 13.7. The first-order valence-electron chi connectivity index (χ1n) is 5.71. The van der Waals surface area contributed by atoms with Crippen LogP contribution in [0.5, 0.6) is 5.75 Å². The standard InChI is InChI=1S/C15H12BrNOS/c1-18-14-7-3-5-12(9-14)15(17-10-19)11-4-2-6-13(16)8-11/h2-9,15H,1H3/t15-/m0/s1. The van der Waals surface area contributed by atoms with E-state index in [1.54, 1.807) is 7.11 Å². The lowest BCUT2D eigenvalue weighted by Gasteiger charge is -2.13. The summed E-state index contributed by atoms with van der Waals surface area (Å²) in [5, 5.41) is 2.47. The number of thiocarbonyl (C=S) groups is 1. The summed E-state index contributed by atoms with van der Waals surface area (Å²) in [7, 11) is 1.65. The number of ether oxygens (including phenoxy) is 1. The van der Waals surface area contributed by atoms with Gasteiger partial charge in [0.25, 0.3) is 0 Å². The maximum Gasteiger partial charge on any atom is 0.119 e. The molecule has 0 heterocycles. The molecule has 0 aliphatic heterocycles. The Morgan fingerprint density at radius 3 is 2.47 bits per heavy atom. The Bertz CT molecular complexity index is 623. The topological polar surface area (TPSA) is 21.6 Å². The molecular weight excluding hydrogens is 322 g/mol. The number of nitrogens with zero attached hydrogens (tertiary/aromatic N) is 1. The summed E-state index contributed by atoms with van der Waals surface area (Å²) in [6.07, 6.45) is 0. The summed E-state index contributed by atoms with van der Waals surface area (Å²) in [5.74, 6) is 0.803. The summed E-state index contributed by atoms with van der Waals surface area (Å²) in [5.41, 5.74) is 2.08. The number of halogens is 1. The Labute approximate surface area is 126 Å². The third-order valence-corrected chi connectivity index (χ3v) is 3.35. The van der Waals surface area contributed by atoms with Crippen molar-refractivity contribution >= 4 is 33.3 Å². The molecule has 0 aromatic heterocycles. The van der Waals surface area contributed by atoms with E-state index in [4.69, 9.17) is 17.0 Å². The molecule has 0 saturated carbocycles. The number of rotatable bonds is 4. The Morgan fingerprint density at radius 1 is 1.16 bits per heavy atom. The number of hydrogen-bond donors (Lipinski definition) is 0. The van der Waals surface area contributed by atoms with Crippen LogP contribution in [0.15, 0.2) is 58.0 Å². The molecule has 2 aromatic rings. The van der Waals surface area contributed by atoms with Crippen LogP contribution >= 0.6 is 28.1 Å². The minimum atomic E-state index is -0.162. The van der Waals surface area contributed by atoms with Crippen molar-refractivity contribution in [2.24, 2.45) is 4.99 Å². The second-order valence-corrected chi connectivity index (χ2v) is 5.05. The second-order valence-electron chi connectivity index (χ2n) is 3.95. The van der Waals surface area contributed by atoms with Gasteiger partial charge in [0.2, 0.25) is 0 Å². The second kappa shape index (κ2) is 6.62. The van der Waals surface area contributed by atoms with Crippen molar-refractivity contribution in [2.45, 2.75) is 6.04 Å². The van der Waals surface area contributed by atoms with Crippen LogP contribution in [0.25, 0.3) is 0 Å². The molecule has 0 unspecified atom stereocenters. The van der Waals surface area contributed by atoms with E-state index in [1.807, 2.05) is 48.5 Å². The molecule has 0 N–H and O–H groups in total. The molecule has 2 nitrogen and oxygen atoms in total. The molecule has 0 spiro atoms. The lowest BCUT2D eigenvalue weighted by molar-refractivity contribution is 0.414. The summed E-state index contributed by atoms with van der Waals surface area (Å²) in [6.45, 7) is 0. The first-order valence-corrected chi connectivity index (χ1v) is 6.91. The minimum absolute atomic E-state index is 0.162. The van der Waals surface area contributed by atoms with Crippen LogP contribution < -0.4 is 4.74 Å². The molecular formula is C15H12BrNOS. The van der Waals surface area contributed by atoms with Crippen LogP contribution in [-0.2, 0) is 0 Å². The van der Waals surface area contributed by atoms with Gasteiger partial charge in [0.15, 0.2) is 0 Å². The molecule has 0 aliphatic carbocycles. The van der Waals surface area contributed by atoms with E-state index in [1.165, 1.54) is 0 Å². The molecule has 96 valence electrons. The average molecular weight is 334 g/mol. The van der Waals surface area contributed by atoms with Crippen molar-refractivity contribution in [3.05, 3.63) is 64.1 Å². The van der Waals surface area contributed by atoms with Gasteiger partial charge < -0.3 is 4.74 Å². The van der Waals surface area contributed by atoms with Crippen molar-refractivity contribution in [3.63, 3.8) is 0 Å².